The molecule has 84 valence electrons. The SMILES string of the molecule is CCON([O-])c1cc(N)c(N)c(N)c1N. The first kappa shape index (κ1) is 11.2. The Morgan fingerprint density at radius 2 is 1.80 bits per heavy atom. The third-order valence-electron chi connectivity index (χ3n) is 1.90. The van der Waals surface area contributed by atoms with Crippen molar-refractivity contribution in [2.75, 3.05) is 34.8 Å². The van der Waals surface area contributed by atoms with Crippen molar-refractivity contribution in [3.8, 4) is 0 Å². The van der Waals surface area contributed by atoms with Crippen molar-refractivity contribution in [2.45, 2.75) is 6.92 Å². The molecular weight excluding hydrogens is 198 g/mol. The Balaban J connectivity index is 3.19. The van der Waals surface area contributed by atoms with E-state index in [2.05, 4.69) is 0 Å². The Bertz CT molecular complexity index is 369. The van der Waals surface area contributed by atoms with Gasteiger partial charge in [-0.2, -0.15) is 0 Å². The van der Waals surface area contributed by atoms with E-state index in [4.69, 9.17) is 27.8 Å². The fraction of sp³-hybridized carbons (Fsp3) is 0.250. The van der Waals surface area contributed by atoms with Gasteiger partial charge in [0.2, 0.25) is 0 Å². The first-order valence-electron chi connectivity index (χ1n) is 4.32. The fourth-order valence-corrected chi connectivity index (χ4v) is 1.08. The van der Waals surface area contributed by atoms with Crippen LogP contribution >= 0.6 is 0 Å². The van der Waals surface area contributed by atoms with Gasteiger partial charge in [0, 0.05) is 0 Å². The third kappa shape index (κ3) is 1.97. The molecule has 15 heavy (non-hydrogen) atoms. The van der Waals surface area contributed by atoms with Gasteiger partial charge in [0.1, 0.15) is 0 Å². The molecule has 0 saturated heterocycles. The van der Waals surface area contributed by atoms with E-state index >= 15 is 0 Å². The van der Waals surface area contributed by atoms with Crippen molar-refractivity contribution in [1.82, 2.24) is 0 Å². The molecule has 0 saturated carbocycles. The lowest BCUT2D eigenvalue weighted by molar-refractivity contribution is 0.146. The van der Waals surface area contributed by atoms with Crippen molar-refractivity contribution in [2.24, 2.45) is 0 Å². The summed E-state index contributed by atoms with van der Waals surface area (Å²) < 4.78 is 0. The highest BCUT2D eigenvalue weighted by molar-refractivity contribution is 5.94. The molecule has 0 unspecified atom stereocenters. The summed E-state index contributed by atoms with van der Waals surface area (Å²) in [4.78, 5) is 4.70. The van der Waals surface area contributed by atoms with Gasteiger partial charge in [-0.1, -0.05) is 0 Å². The lowest BCUT2D eigenvalue weighted by Crippen LogP contribution is -2.18. The van der Waals surface area contributed by atoms with E-state index in [1.807, 2.05) is 0 Å². The summed E-state index contributed by atoms with van der Waals surface area (Å²) in [7, 11) is 0. The van der Waals surface area contributed by atoms with E-state index in [0.717, 1.165) is 0 Å². The van der Waals surface area contributed by atoms with Crippen LogP contribution in [0.25, 0.3) is 0 Å². The standard InChI is InChI=1S/C8H14N5O2/c1-2-15-13(14)5-3-4(9)6(10)8(12)7(5)11/h3H,2,9-12H2,1H3/q-1. The molecule has 8 N–H and O–H groups in total. The zero-order chi connectivity index (χ0) is 11.6. The number of nitrogens with two attached hydrogens (primary N) is 4. The zero-order valence-corrected chi connectivity index (χ0v) is 8.36. The van der Waals surface area contributed by atoms with Crippen LogP contribution in [-0.4, -0.2) is 6.61 Å². The average molecular weight is 212 g/mol. The van der Waals surface area contributed by atoms with E-state index < -0.39 is 0 Å². The molecule has 1 rings (SSSR count). The molecule has 7 nitrogen and oxygen atoms in total. The minimum absolute atomic E-state index is 0.0565. The number of benzene rings is 1. The largest absolute Gasteiger partial charge is 0.733 e. The highest BCUT2D eigenvalue weighted by Crippen LogP contribution is 2.37. The summed E-state index contributed by atoms with van der Waals surface area (Å²) in [5.74, 6) is 0. The molecule has 0 fully saturated rings. The lowest BCUT2D eigenvalue weighted by atomic mass is 10.2. The topological polar surface area (TPSA) is 140 Å². The van der Waals surface area contributed by atoms with Gasteiger partial charge < -0.3 is 33.4 Å². The first-order valence-corrected chi connectivity index (χ1v) is 4.32. The quantitative estimate of drug-likeness (QED) is 0.416. The van der Waals surface area contributed by atoms with Gasteiger partial charge in [0.05, 0.1) is 35.0 Å². The smallest absolute Gasteiger partial charge is 0.0824 e. The maximum atomic E-state index is 11.3. The van der Waals surface area contributed by atoms with Crippen molar-refractivity contribution in [3.63, 3.8) is 0 Å². The van der Waals surface area contributed by atoms with Gasteiger partial charge >= 0.3 is 0 Å². The molecule has 0 aliphatic heterocycles. The highest BCUT2D eigenvalue weighted by atomic mass is 16.9. The first-order chi connectivity index (χ1) is 6.99. The molecule has 1 aromatic rings. The number of hydrogen-bond acceptors (Lipinski definition) is 7. The van der Waals surface area contributed by atoms with Crippen molar-refractivity contribution < 1.29 is 4.84 Å². The summed E-state index contributed by atoms with van der Waals surface area (Å²) in [5.41, 5.74) is 22.8. The van der Waals surface area contributed by atoms with Gasteiger partial charge in [-0.25, -0.2) is 0 Å². The zero-order valence-electron chi connectivity index (χ0n) is 8.36. The summed E-state index contributed by atoms with van der Waals surface area (Å²) >= 11 is 0. The Morgan fingerprint density at radius 1 is 1.20 bits per heavy atom. The lowest BCUT2D eigenvalue weighted by Gasteiger charge is -2.30. The molecule has 0 amide bonds. The summed E-state index contributed by atoms with van der Waals surface area (Å²) in [6, 6.07) is 1.32. The maximum absolute atomic E-state index is 11.3. The highest BCUT2D eigenvalue weighted by Gasteiger charge is 2.11. The predicted molar refractivity (Wildman–Crippen MR) is 61.6 cm³/mol. The van der Waals surface area contributed by atoms with Crippen LogP contribution in [0.1, 0.15) is 6.92 Å². The van der Waals surface area contributed by atoms with Crippen molar-refractivity contribution in [1.29, 1.82) is 0 Å². The van der Waals surface area contributed by atoms with Crippen LogP contribution in [0, 0.1) is 5.21 Å². The molecule has 0 aliphatic rings. The van der Waals surface area contributed by atoms with Crippen LogP contribution < -0.4 is 28.2 Å². The molecule has 0 aliphatic carbocycles. The number of nitrogens with zero attached hydrogens (tertiary/aromatic N) is 1. The average Bonchev–Trinajstić information content (AvgIpc) is 2.20. The van der Waals surface area contributed by atoms with Gasteiger partial charge in [-0.05, 0) is 13.0 Å². The van der Waals surface area contributed by atoms with Crippen molar-refractivity contribution in [3.05, 3.63) is 11.3 Å². The molecule has 0 heterocycles. The monoisotopic (exact) mass is 212 g/mol. The summed E-state index contributed by atoms with van der Waals surface area (Å²) in [6.45, 7) is 1.89. The molecule has 0 radical (unpaired) electrons. The van der Waals surface area contributed by atoms with Gasteiger partial charge in [-0.3, -0.25) is 4.84 Å². The normalized spacial score (nSPS) is 10.3. The van der Waals surface area contributed by atoms with E-state index in [9.17, 15) is 5.21 Å². The fourth-order valence-electron chi connectivity index (χ4n) is 1.08. The molecule has 7 heteroatoms. The molecule has 0 bridgehead atoms. The van der Waals surface area contributed by atoms with Gasteiger partial charge in [0.15, 0.2) is 0 Å². The van der Waals surface area contributed by atoms with Gasteiger partial charge in [0.25, 0.3) is 0 Å². The van der Waals surface area contributed by atoms with E-state index in [1.54, 1.807) is 6.92 Å². The number of hydrogen-bond donors (Lipinski definition) is 4. The molecule has 0 atom stereocenters. The minimum atomic E-state index is 0.0565. The second-order valence-electron chi connectivity index (χ2n) is 2.90. The van der Waals surface area contributed by atoms with Crippen LogP contribution in [-0.2, 0) is 4.84 Å². The number of rotatable bonds is 3. The third-order valence-corrected chi connectivity index (χ3v) is 1.90. The Hall–Kier alpha value is -1.86. The second kappa shape index (κ2) is 4.11. The summed E-state index contributed by atoms with van der Waals surface area (Å²) in [6.07, 6.45) is 0. The van der Waals surface area contributed by atoms with E-state index in [-0.39, 0.29) is 40.3 Å². The van der Waals surface area contributed by atoms with Crippen LogP contribution in [0.15, 0.2) is 6.07 Å². The predicted octanol–water partition coefficient (Wildman–Crippen LogP) is 0.271. The molecule has 0 spiro atoms. The minimum Gasteiger partial charge on any atom is -0.733 e. The summed E-state index contributed by atoms with van der Waals surface area (Å²) in [5, 5.41) is 11.6. The van der Waals surface area contributed by atoms with Crippen LogP contribution in [0.5, 0.6) is 0 Å². The Kier molecular flexibility index (Phi) is 3.08. The van der Waals surface area contributed by atoms with Crippen LogP contribution in [0.4, 0.5) is 28.4 Å². The van der Waals surface area contributed by atoms with Crippen LogP contribution in [0.3, 0.4) is 0 Å². The van der Waals surface area contributed by atoms with Crippen LogP contribution in [0.2, 0.25) is 0 Å². The Morgan fingerprint density at radius 3 is 2.33 bits per heavy atom. The maximum Gasteiger partial charge on any atom is 0.0824 e. The number of nitrogen functional groups attached to an aromatic ring is 4. The van der Waals surface area contributed by atoms with Crippen molar-refractivity contribution >= 4 is 28.4 Å². The number of anilines is 5. The van der Waals surface area contributed by atoms with E-state index in [1.165, 1.54) is 6.07 Å². The molecule has 1 aromatic carbocycles. The molecule has 0 aromatic heterocycles. The van der Waals surface area contributed by atoms with E-state index in [0.29, 0.717) is 0 Å². The molecular formula is C8H14N5O2-. The Labute approximate surface area is 87.1 Å². The second-order valence-corrected chi connectivity index (χ2v) is 2.90. The van der Waals surface area contributed by atoms with Gasteiger partial charge in [-0.15, -0.1) is 0 Å².